The van der Waals surface area contributed by atoms with Crippen molar-refractivity contribution in [2.24, 2.45) is 0 Å². The summed E-state index contributed by atoms with van der Waals surface area (Å²) in [6, 6.07) is 23.3. The maximum Gasteiger partial charge on any atom is 0.108 e. The van der Waals surface area contributed by atoms with Crippen LogP contribution >= 0.6 is 0 Å². The van der Waals surface area contributed by atoms with Crippen LogP contribution in [0, 0.1) is 6.92 Å². The minimum Gasteiger partial charge on any atom is -0.341 e. The summed E-state index contributed by atoms with van der Waals surface area (Å²) in [5.74, 6) is 1.02. The summed E-state index contributed by atoms with van der Waals surface area (Å²) in [6.07, 6.45) is 0. The van der Waals surface area contributed by atoms with Crippen LogP contribution in [0.25, 0.3) is 21.7 Å². The lowest BCUT2D eigenvalue weighted by Crippen LogP contribution is -1.91. The van der Waals surface area contributed by atoms with Crippen molar-refractivity contribution in [2.45, 2.75) is 34.6 Å². The summed E-state index contributed by atoms with van der Waals surface area (Å²) >= 11 is 0. The number of aromatic amines is 1. The fraction of sp³-hybridized carbons (Fsp3) is 0.217. The van der Waals surface area contributed by atoms with Crippen LogP contribution in [0.1, 0.15) is 33.3 Å². The molecule has 3 aromatic carbocycles. The van der Waals surface area contributed by atoms with E-state index in [1.807, 2.05) is 27.7 Å². The normalized spacial score (nSPS) is 9.80. The van der Waals surface area contributed by atoms with Gasteiger partial charge in [-0.1, -0.05) is 76.2 Å². The third kappa shape index (κ3) is 4.21. The van der Waals surface area contributed by atoms with Crippen LogP contribution in [0.15, 0.2) is 66.7 Å². The monoisotopic (exact) mass is 332 g/mol. The second-order valence-corrected chi connectivity index (χ2v) is 5.43. The number of H-pyrrole nitrogens is 1. The first kappa shape index (κ1) is 18.6. The Kier molecular flexibility index (Phi) is 6.64. The van der Waals surface area contributed by atoms with E-state index in [9.17, 15) is 0 Å². The van der Waals surface area contributed by atoms with Crippen molar-refractivity contribution >= 4 is 33.2 Å². The van der Waals surface area contributed by atoms with E-state index in [1.54, 1.807) is 0 Å². The smallest absolute Gasteiger partial charge is 0.108 e. The van der Waals surface area contributed by atoms with Gasteiger partial charge in [-0.3, -0.25) is 0 Å². The fourth-order valence-electron chi connectivity index (χ4n) is 2.79. The van der Waals surface area contributed by atoms with Crippen molar-refractivity contribution in [3.8, 4) is 0 Å². The maximum absolute atomic E-state index is 3.50. The molecule has 0 aliphatic heterocycles. The van der Waals surface area contributed by atoms with E-state index < -0.39 is 0 Å². The molecule has 25 heavy (non-hydrogen) atoms. The molecule has 0 fully saturated rings. The van der Waals surface area contributed by atoms with Gasteiger partial charge in [0.2, 0.25) is 0 Å². The summed E-state index contributed by atoms with van der Waals surface area (Å²) in [5.41, 5.74) is 3.55. The molecule has 4 rings (SSSR count). The molecular weight excluding hydrogens is 304 g/mol. The van der Waals surface area contributed by atoms with Crippen LogP contribution in [0.3, 0.4) is 0 Å². The third-order valence-electron chi connectivity index (χ3n) is 3.84. The summed E-state index contributed by atoms with van der Waals surface area (Å²) in [7, 11) is 0. The zero-order chi connectivity index (χ0) is 18.2. The van der Waals surface area contributed by atoms with Crippen LogP contribution in [-0.4, -0.2) is 4.98 Å². The van der Waals surface area contributed by atoms with Crippen LogP contribution in [-0.2, 0) is 0 Å². The zero-order valence-electron chi connectivity index (χ0n) is 15.9. The molecule has 0 saturated heterocycles. The highest BCUT2D eigenvalue weighted by atomic mass is 15.0. The van der Waals surface area contributed by atoms with Crippen molar-refractivity contribution in [1.29, 1.82) is 0 Å². The molecule has 130 valence electrons. The lowest BCUT2D eigenvalue weighted by Gasteiger charge is -2.07. The second kappa shape index (κ2) is 8.93. The highest BCUT2D eigenvalue weighted by Crippen LogP contribution is 2.28. The number of nitrogens with one attached hydrogen (secondary N) is 2. The average Bonchev–Trinajstić information content (AvgIpc) is 3.07. The van der Waals surface area contributed by atoms with Gasteiger partial charge in [-0.25, -0.2) is 0 Å². The van der Waals surface area contributed by atoms with E-state index in [0.717, 1.165) is 17.0 Å². The minimum atomic E-state index is 1.02. The van der Waals surface area contributed by atoms with Gasteiger partial charge in [0.15, 0.2) is 0 Å². The maximum atomic E-state index is 3.50. The molecule has 0 radical (unpaired) electrons. The molecule has 1 heterocycles. The minimum absolute atomic E-state index is 1.02. The van der Waals surface area contributed by atoms with Gasteiger partial charge in [0.25, 0.3) is 0 Å². The van der Waals surface area contributed by atoms with Gasteiger partial charge < -0.3 is 10.3 Å². The van der Waals surface area contributed by atoms with Crippen LogP contribution in [0.5, 0.6) is 0 Å². The Morgan fingerprint density at radius 3 is 2.24 bits per heavy atom. The van der Waals surface area contributed by atoms with Gasteiger partial charge in [-0.05, 0) is 36.1 Å². The summed E-state index contributed by atoms with van der Waals surface area (Å²) in [5, 5.41) is 7.20. The Bertz CT molecular complexity index is 930. The summed E-state index contributed by atoms with van der Waals surface area (Å²) < 4.78 is 0. The number of aryl methyl sites for hydroxylation is 1. The molecule has 0 saturated carbocycles. The van der Waals surface area contributed by atoms with Gasteiger partial charge in [0.05, 0.1) is 0 Å². The lowest BCUT2D eigenvalue weighted by atomic mass is 10.1. The molecule has 0 aliphatic carbocycles. The van der Waals surface area contributed by atoms with E-state index in [-0.39, 0.29) is 0 Å². The van der Waals surface area contributed by atoms with E-state index in [1.165, 1.54) is 21.7 Å². The predicted octanol–water partition coefficient (Wildman–Crippen LogP) is 7.43. The lowest BCUT2D eigenvalue weighted by molar-refractivity contribution is 1.41. The zero-order valence-corrected chi connectivity index (χ0v) is 15.9. The Labute approximate surface area is 150 Å². The third-order valence-corrected chi connectivity index (χ3v) is 3.84. The SMILES string of the molecule is CC.CC.Cc1ccc2cc(Nc3cccc4ccccc34)[nH]c2c1. The number of hydrogen-bond donors (Lipinski definition) is 2. The number of rotatable bonds is 2. The molecule has 0 aliphatic rings. The van der Waals surface area contributed by atoms with E-state index >= 15 is 0 Å². The number of fused-ring (bicyclic) bond motifs is 2. The average molecular weight is 332 g/mol. The molecule has 0 unspecified atom stereocenters. The first-order valence-electron chi connectivity index (χ1n) is 9.14. The standard InChI is InChI=1S/C19H16N2.2C2H6/c1-13-9-10-15-12-19(21-18(15)11-13)20-17-8-4-6-14-5-2-3-7-16(14)17;2*1-2/h2-12,20-21H,1H3;2*1-2H3. The highest BCUT2D eigenvalue weighted by Gasteiger charge is 2.04. The largest absolute Gasteiger partial charge is 0.341 e. The number of anilines is 2. The Balaban J connectivity index is 0.000000528. The molecule has 1 aromatic heterocycles. The van der Waals surface area contributed by atoms with Crippen LogP contribution in [0.4, 0.5) is 11.5 Å². The molecule has 0 bridgehead atoms. The van der Waals surface area contributed by atoms with Crippen molar-refractivity contribution in [3.63, 3.8) is 0 Å². The molecule has 4 aromatic rings. The van der Waals surface area contributed by atoms with Gasteiger partial charge in [0, 0.05) is 22.0 Å². The molecule has 0 spiro atoms. The van der Waals surface area contributed by atoms with E-state index in [2.05, 4.69) is 84.0 Å². The van der Waals surface area contributed by atoms with Gasteiger partial charge >= 0.3 is 0 Å². The van der Waals surface area contributed by atoms with Crippen molar-refractivity contribution in [2.75, 3.05) is 5.32 Å². The first-order chi connectivity index (χ1) is 12.3. The van der Waals surface area contributed by atoms with Crippen molar-refractivity contribution in [1.82, 2.24) is 4.98 Å². The molecular formula is C23H28N2. The number of aromatic nitrogens is 1. The van der Waals surface area contributed by atoms with Gasteiger partial charge in [0.1, 0.15) is 5.82 Å². The van der Waals surface area contributed by atoms with E-state index in [4.69, 9.17) is 0 Å². The summed E-state index contributed by atoms with van der Waals surface area (Å²) in [6.45, 7) is 10.1. The number of hydrogen-bond acceptors (Lipinski definition) is 1. The van der Waals surface area contributed by atoms with E-state index in [0.29, 0.717) is 0 Å². The molecule has 0 amide bonds. The molecule has 2 heteroatoms. The molecule has 2 nitrogen and oxygen atoms in total. The predicted molar refractivity (Wildman–Crippen MR) is 113 cm³/mol. The van der Waals surface area contributed by atoms with Crippen molar-refractivity contribution < 1.29 is 0 Å². The van der Waals surface area contributed by atoms with Crippen molar-refractivity contribution in [3.05, 3.63) is 72.3 Å². The molecule has 2 N–H and O–H groups in total. The fourth-order valence-corrected chi connectivity index (χ4v) is 2.79. The Morgan fingerprint density at radius 2 is 1.44 bits per heavy atom. The number of benzene rings is 3. The summed E-state index contributed by atoms with van der Waals surface area (Å²) in [4.78, 5) is 3.44. The quantitative estimate of drug-likeness (QED) is 0.392. The Hall–Kier alpha value is -2.74. The van der Waals surface area contributed by atoms with Gasteiger partial charge in [-0.15, -0.1) is 0 Å². The topological polar surface area (TPSA) is 27.8 Å². The Morgan fingerprint density at radius 1 is 0.720 bits per heavy atom. The molecule has 0 atom stereocenters. The first-order valence-corrected chi connectivity index (χ1v) is 9.14. The second-order valence-electron chi connectivity index (χ2n) is 5.43. The van der Waals surface area contributed by atoms with Crippen LogP contribution < -0.4 is 5.32 Å². The highest BCUT2D eigenvalue weighted by molar-refractivity contribution is 5.96. The van der Waals surface area contributed by atoms with Crippen LogP contribution in [0.2, 0.25) is 0 Å². The van der Waals surface area contributed by atoms with Gasteiger partial charge in [-0.2, -0.15) is 0 Å².